The quantitative estimate of drug-likeness (QED) is 0.437. The number of aliphatic carboxylic acids is 2. The molecule has 0 saturated carbocycles. The largest absolute Gasteiger partial charge is 1.00 e. The van der Waals surface area contributed by atoms with Gasteiger partial charge in [0, 0.05) is 12.4 Å². The molecule has 0 amide bonds. The van der Waals surface area contributed by atoms with Crippen molar-refractivity contribution in [3.8, 4) is 0 Å². The van der Waals surface area contributed by atoms with Crippen LogP contribution in [0.15, 0.2) is 0 Å². The maximum absolute atomic E-state index is 9.58. The summed E-state index contributed by atoms with van der Waals surface area (Å²) in [5, 5.41) is 27.3. The number of hydrogen-bond donors (Lipinski definition) is 1. The zero-order chi connectivity index (χ0) is 7.44. The molecule has 0 aliphatic carbocycles. The Morgan fingerprint density at radius 1 is 1.25 bits per heavy atom. The van der Waals surface area contributed by atoms with Gasteiger partial charge in [0.25, 0.3) is 0 Å². The summed E-state index contributed by atoms with van der Waals surface area (Å²) in [5.74, 6) is -3.43. The first-order valence-corrected chi connectivity index (χ1v) is 2.13. The van der Waals surface area contributed by atoms with E-state index in [1.165, 1.54) is 0 Å². The number of aliphatic hydroxyl groups is 1. The number of carbonyl (C=O) groups excluding carboxylic acids is 2. The SMILES string of the molecule is O.O.O=C([O-])CC(O)C(=O)[O-].[Na+]. The van der Waals surface area contributed by atoms with Gasteiger partial charge in [0.1, 0.15) is 0 Å². The molecular formula is C4H8NaO7-. The maximum atomic E-state index is 9.58. The van der Waals surface area contributed by atoms with Crippen molar-refractivity contribution < 1.29 is 65.4 Å². The van der Waals surface area contributed by atoms with Crippen LogP contribution in [0, 0.1) is 0 Å². The van der Waals surface area contributed by atoms with Crippen LogP contribution in [0.4, 0.5) is 0 Å². The second-order valence-electron chi connectivity index (χ2n) is 1.41. The summed E-state index contributed by atoms with van der Waals surface area (Å²) in [6, 6.07) is 0. The van der Waals surface area contributed by atoms with E-state index in [1.807, 2.05) is 0 Å². The van der Waals surface area contributed by atoms with Gasteiger partial charge >= 0.3 is 29.6 Å². The van der Waals surface area contributed by atoms with Gasteiger partial charge in [0.05, 0.1) is 12.1 Å². The van der Waals surface area contributed by atoms with Crippen LogP contribution in [0.1, 0.15) is 6.42 Å². The molecule has 0 spiro atoms. The summed E-state index contributed by atoms with van der Waals surface area (Å²) in [4.78, 5) is 19.1. The summed E-state index contributed by atoms with van der Waals surface area (Å²) >= 11 is 0. The van der Waals surface area contributed by atoms with Crippen LogP contribution >= 0.6 is 0 Å². The zero-order valence-electron chi connectivity index (χ0n) is 6.36. The molecule has 12 heavy (non-hydrogen) atoms. The van der Waals surface area contributed by atoms with Gasteiger partial charge in [0.2, 0.25) is 0 Å². The van der Waals surface area contributed by atoms with E-state index < -0.39 is 24.5 Å². The van der Waals surface area contributed by atoms with Gasteiger partial charge in [-0.25, -0.2) is 0 Å². The van der Waals surface area contributed by atoms with Gasteiger partial charge in [-0.3, -0.25) is 0 Å². The molecule has 1 unspecified atom stereocenters. The Morgan fingerprint density at radius 2 is 1.58 bits per heavy atom. The molecule has 8 heteroatoms. The fraction of sp³-hybridized carbons (Fsp3) is 0.500. The fourth-order valence-electron chi connectivity index (χ4n) is 0.241. The summed E-state index contributed by atoms with van der Waals surface area (Å²) in [6.45, 7) is 0. The molecule has 5 N–H and O–H groups in total. The average molecular weight is 191 g/mol. The van der Waals surface area contributed by atoms with Gasteiger partial charge in [-0.15, -0.1) is 0 Å². The van der Waals surface area contributed by atoms with Crippen LogP contribution in [-0.4, -0.2) is 34.1 Å². The Balaban J connectivity index is -0.000000107. The third-order valence-electron chi connectivity index (χ3n) is 0.632. The molecule has 0 aliphatic heterocycles. The van der Waals surface area contributed by atoms with E-state index in [0.717, 1.165) is 0 Å². The van der Waals surface area contributed by atoms with Crippen molar-refractivity contribution in [3.63, 3.8) is 0 Å². The minimum atomic E-state index is -1.96. The van der Waals surface area contributed by atoms with E-state index in [0.29, 0.717) is 0 Å². The van der Waals surface area contributed by atoms with Gasteiger partial charge in [0.15, 0.2) is 0 Å². The van der Waals surface area contributed by atoms with E-state index in [9.17, 15) is 19.8 Å². The van der Waals surface area contributed by atoms with E-state index in [1.54, 1.807) is 0 Å². The Bertz CT molecular complexity index is 135. The van der Waals surface area contributed by atoms with Crippen LogP contribution in [0.2, 0.25) is 0 Å². The van der Waals surface area contributed by atoms with E-state index in [4.69, 9.17) is 5.11 Å². The molecule has 68 valence electrons. The van der Waals surface area contributed by atoms with Crippen molar-refractivity contribution in [1.82, 2.24) is 0 Å². The van der Waals surface area contributed by atoms with E-state index >= 15 is 0 Å². The monoisotopic (exact) mass is 191 g/mol. The smallest absolute Gasteiger partial charge is 0.550 e. The first-order valence-electron chi connectivity index (χ1n) is 2.13. The number of hydrogen-bond acceptors (Lipinski definition) is 5. The minimum absolute atomic E-state index is 0. The Kier molecular flexibility index (Phi) is 20.4. The third-order valence-corrected chi connectivity index (χ3v) is 0.632. The molecule has 0 aromatic rings. The maximum Gasteiger partial charge on any atom is 1.00 e. The molecule has 0 aliphatic rings. The summed E-state index contributed by atoms with van der Waals surface area (Å²) in [7, 11) is 0. The Hall–Kier alpha value is -0.180. The molecule has 0 bridgehead atoms. The molecule has 0 aromatic heterocycles. The number of carboxylic acids is 2. The number of carboxylic acid groups (broad SMARTS) is 2. The first kappa shape index (κ1) is 22.6. The average Bonchev–Trinajstić information content (AvgIpc) is 1.63. The van der Waals surface area contributed by atoms with Crippen LogP contribution in [0.3, 0.4) is 0 Å². The molecule has 0 heterocycles. The predicted octanol–water partition coefficient (Wildman–Crippen LogP) is -8.41. The third kappa shape index (κ3) is 12.5. The van der Waals surface area contributed by atoms with E-state index in [-0.39, 0.29) is 40.5 Å². The van der Waals surface area contributed by atoms with Crippen LogP contribution in [-0.2, 0) is 9.59 Å². The van der Waals surface area contributed by atoms with Gasteiger partial charge < -0.3 is 35.9 Å². The molecule has 0 radical (unpaired) electrons. The molecule has 0 saturated heterocycles. The standard InChI is InChI=1S/C4H6O5.Na.2H2O/c5-2(4(8)9)1-3(6)7;;;/h2,5H,1H2,(H,6,7)(H,8,9);;2*1H2/q;+1;;/p-2. The first-order chi connectivity index (χ1) is 4.04. The Morgan fingerprint density at radius 3 is 1.67 bits per heavy atom. The molecule has 0 aromatic carbocycles. The van der Waals surface area contributed by atoms with Crippen molar-refractivity contribution in [2.75, 3.05) is 0 Å². The zero-order valence-corrected chi connectivity index (χ0v) is 8.36. The molecule has 1 atom stereocenters. The number of aliphatic hydroxyl groups excluding tert-OH is 1. The fourth-order valence-corrected chi connectivity index (χ4v) is 0.241. The Labute approximate surface area is 89.9 Å². The van der Waals surface area contributed by atoms with Crippen LogP contribution in [0.25, 0.3) is 0 Å². The summed E-state index contributed by atoms with van der Waals surface area (Å²) in [6.07, 6.45) is -2.89. The predicted molar refractivity (Wildman–Crippen MR) is 27.9 cm³/mol. The topological polar surface area (TPSA) is 163 Å². The molecule has 7 nitrogen and oxygen atoms in total. The van der Waals surface area contributed by atoms with Crippen molar-refractivity contribution >= 4 is 11.9 Å². The summed E-state index contributed by atoms with van der Waals surface area (Å²) in [5.41, 5.74) is 0. The second-order valence-corrected chi connectivity index (χ2v) is 1.41. The van der Waals surface area contributed by atoms with Crippen molar-refractivity contribution in [3.05, 3.63) is 0 Å². The van der Waals surface area contributed by atoms with Gasteiger partial charge in [-0.1, -0.05) is 0 Å². The summed E-state index contributed by atoms with van der Waals surface area (Å²) < 4.78 is 0. The molecule has 0 rings (SSSR count). The van der Waals surface area contributed by atoms with Crippen molar-refractivity contribution in [2.24, 2.45) is 0 Å². The number of carbonyl (C=O) groups is 2. The van der Waals surface area contributed by atoms with Gasteiger partial charge in [-0.05, 0) is 0 Å². The minimum Gasteiger partial charge on any atom is -0.550 e. The molecular weight excluding hydrogens is 183 g/mol. The van der Waals surface area contributed by atoms with Crippen LogP contribution < -0.4 is 39.8 Å². The second kappa shape index (κ2) is 10.8. The van der Waals surface area contributed by atoms with Crippen molar-refractivity contribution in [2.45, 2.75) is 12.5 Å². The number of rotatable bonds is 3. The van der Waals surface area contributed by atoms with E-state index in [2.05, 4.69) is 0 Å². The molecule has 0 fully saturated rings. The normalized spacial score (nSPS) is 9.42. The van der Waals surface area contributed by atoms with Crippen molar-refractivity contribution in [1.29, 1.82) is 0 Å². The van der Waals surface area contributed by atoms with Gasteiger partial charge in [-0.2, -0.15) is 0 Å². The van der Waals surface area contributed by atoms with Crippen LogP contribution in [0.5, 0.6) is 0 Å².